The van der Waals surface area contributed by atoms with Crippen molar-refractivity contribution in [2.45, 2.75) is 32.6 Å². The molecule has 0 radical (unpaired) electrons. The van der Waals surface area contributed by atoms with Crippen LogP contribution in [0.25, 0.3) is 0 Å². The van der Waals surface area contributed by atoms with Crippen LogP contribution in [0.15, 0.2) is 18.2 Å². The lowest BCUT2D eigenvalue weighted by Gasteiger charge is -2.21. The van der Waals surface area contributed by atoms with Crippen molar-refractivity contribution in [3.05, 3.63) is 33.9 Å². The maximum Gasteiger partial charge on any atom is 0.275 e. The van der Waals surface area contributed by atoms with Gasteiger partial charge in [0.2, 0.25) is 5.91 Å². The molecule has 1 heterocycles. The van der Waals surface area contributed by atoms with Crippen molar-refractivity contribution < 1.29 is 14.5 Å². The Morgan fingerprint density at radius 3 is 2.35 bits per heavy atom. The Bertz CT molecular complexity index is 602. The van der Waals surface area contributed by atoms with Crippen molar-refractivity contribution in [2.75, 3.05) is 11.4 Å². The van der Waals surface area contributed by atoms with Gasteiger partial charge in [0.25, 0.3) is 5.69 Å². The Morgan fingerprint density at radius 1 is 1.25 bits per heavy atom. The number of hydrogen-bond donors (Lipinski definition) is 0. The van der Waals surface area contributed by atoms with Crippen molar-refractivity contribution in [2.24, 2.45) is 0 Å². The maximum absolute atomic E-state index is 11.7. The molecule has 1 aromatic rings. The monoisotopic (exact) mass is 276 g/mol. The predicted octanol–water partition coefficient (Wildman–Crippen LogP) is 2.20. The highest BCUT2D eigenvalue weighted by Crippen LogP contribution is 2.34. The lowest BCUT2D eigenvalue weighted by molar-refractivity contribution is -0.385. The Labute approximate surface area is 116 Å². The lowest BCUT2D eigenvalue weighted by Crippen LogP contribution is -2.25. The van der Waals surface area contributed by atoms with Gasteiger partial charge in [-0.05, 0) is 17.5 Å². The zero-order chi connectivity index (χ0) is 15.1. The van der Waals surface area contributed by atoms with E-state index in [-0.39, 0.29) is 35.8 Å². The van der Waals surface area contributed by atoms with Crippen LogP contribution in [-0.4, -0.2) is 23.2 Å². The predicted molar refractivity (Wildman–Crippen MR) is 73.8 cm³/mol. The third-order valence-corrected chi connectivity index (χ3v) is 3.28. The first-order valence-corrected chi connectivity index (χ1v) is 6.31. The fraction of sp³-hybridized carbons (Fsp3) is 0.429. The average Bonchev–Trinajstić information content (AvgIpc) is 2.66. The molecule has 0 atom stereocenters. The molecule has 0 aromatic heterocycles. The smallest absolute Gasteiger partial charge is 0.275 e. The SMILES string of the molecule is CC(C)(C)c1ccc(N2CC(=O)CC2=O)cc1[N+](=O)[O-]. The summed E-state index contributed by atoms with van der Waals surface area (Å²) in [6, 6.07) is 4.69. The Balaban J connectivity index is 2.49. The number of nitro benzene ring substituents is 1. The molecule has 106 valence electrons. The molecule has 0 N–H and O–H groups in total. The molecule has 0 bridgehead atoms. The summed E-state index contributed by atoms with van der Waals surface area (Å²) in [6.07, 6.45) is -0.130. The minimum atomic E-state index is -0.452. The van der Waals surface area contributed by atoms with Crippen LogP contribution < -0.4 is 4.90 Å². The third kappa shape index (κ3) is 2.54. The molecule has 0 saturated carbocycles. The number of ketones is 1. The van der Waals surface area contributed by atoms with Gasteiger partial charge in [-0.3, -0.25) is 19.7 Å². The number of hydrogen-bond acceptors (Lipinski definition) is 4. The van der Waals surface area contributed by atoms with Crippen LogP contribution in [-0.2, 0) is 15.0 Å². The molecule has 6 nitrogen and oxygen atoms in total. The first-order chi connectivity index (χ1) is 9.20. The van der Waals surface area contributed by atoms with Crippen molar-refractivity contribution in [3.63, 3.8) is 0 Å². The highest BCUT2D eigenvalue weighted by Gasteiger charge is 2.31. The van der Waals surface area contributed by atoms with Gasteiger partial charge in [0, 0.05) is 11.6 Å². The summed E-state index contributed by atoms with van der Waals surface area (Å²) in [5.74, 6) is -0.481. The molecule has 6 heteroatoms. The second-order valence-corrected chi connectivity index (χ2v) is 5.90. The van der Waals surface area contributed by atoms with Crippen LogP contribution in [0.5, 0.6) is 0 Å². The van der Waals surface area contributed by atoms with Crippen molar-refractivity contribution in [1.82, 2.24) is 0 Å². The summed E-state index contributed by atoms with van der Waals surface area (Å²) < 4.78 is 0. The summed E-state index contributed by atoms with van der Waals surface area (Å²) in [6.45, 7) is 5.66. The second-order valence-electron chi connectivity index (χ2n) is 5.90. The molecule has 1 aliphatic rings. The Hall–Kier alpha value is -2.24. The molecular formula is C14H16N2O4. The largest absolute Gasteiger partial charge is 0.304 e. The highest BCUT2D eigenvalue weighted by atomic mass is 16.6. The number of Topliss-reactive ketones (excluding diaryl/α,β-unsaturated/α-hetero) is 1. The van der Waals surface area contributed by atoms with E-state index in [1.165, 1.54) is 11.0 Å². The number of amides is 1. The third-order valence-electron chi connectivity index (χ3n) is 3.28. The van der Waals surface area contributed by atoms with Crippen LogP contribution in [0, 0.1) is 10.1 Å². The van der Waals surface area contributed by atoms with E-state index in [2.05, 4.69) is 0 Å². The van der Waals surface area contributed by atoms with Crippen LogP contribution >= 0.6 is 0 Å². The van der Waals surface area contributed by atoms with E-state index < -0.39 is 4.92 Å². The molecule has 1 fully saturated rings. The van der Waals surface area contributed by atoms with Crippen LogP contribution in [0.1, 0.15) is 32.8 Å². The van der Waals surface area contributed by atoms with Gasteiger partial charge in [0.15, 0.2) is 5.78 Å². The quantitative estimate of drug-likeness (QED) is 0.471. The first kappa shape index (κ1) is 14.2. The topological polar surface area (TPSA) is 80.5 Å². The Morgan fingerprint density at radius 2 is 1.90 bits per heavy atom. The van der Waals surface area contributed by atoms with Crippen LogP contribution in [0.3, 0.4) is 0 Å². The number of rotatable bonds is 2. The van der Waals surface area contributed by atoms with E-state index in [4.69, 9.17) is 0 Å². The van der Waals surface area contributed by atoms with E-state index in [0.29, 0.717) is 11.3 Å². The molecule has 0 aliphatic carbocycles. The molecular weight excluding hydrogens is 260 g/mol. The number of nitro groups is 1. The van der Waals surface area contributed by atoms with Gasteiger partial charge in [-0.25, -0.2) is 0 Å². The molecule has 1 aromatic carbocycles. The molecule has 2 rings (SSSR count). The van der Waals surface area contributed by atoms with E-state index in [1.54, 1.807) is 12.1 Å². The van der Waals surface area contributed by atoms with Gasteiger partial charge in [0.05, 0.1) is 23.6 Å². The number of carbonyl (C=O) groups excluding carboxylic acids is 2. The van der Waals surface area contributed by atoms with Gasteiger partial charge in [0.1, 0.15) is 0 Å². The zero-order valence-electron chi connectivity index (χ0n) is 11.7. The van der Waals surface area contributed by atoms with E-state index >= 15 is 0 Å². The molecule has 0 spiro atoms. The highest BCUT2D eigenvalue weighted by molar-refractivity contribution is 6.15. The van der Waals surface area contributed by atoms with Gasteiger partial charge in [-0.1, -0.05) is 20.8 Å². The van der Waals surface area contributed by atoms with Crippen molar-refractivity contribution in [1.29, 1.82) is 0 Å². The van der Waals surface area contributed by atoms with Crippen molar-refractivity contribution >= 4 is 23.1 Å². The minimum Gasteiger partial charge on any atom is -0.304 e. The van der Waals surface area contributed by atoms with Gasteiger partial charge < -0.3 is 4.90 Å². The molecule has 1 aliphatic heterocycles. The van der Waals surface area contributed by atoms with Gasteiger partial charge in [-0.2, -0.15) is 0 Å². The first-order valence-electron chi connectivity index (χ1n) is 6.31. The standard InChI is InChI=1S/C14H16N2O4/c1-14(2,3)11-5-4-9(6-12(11)16(19)20)15-8-10(17)7-13(15)18/h4-6H,7-8H2,1-3H3. The zero-order valence-corrected chi connectivity index (χ0v) is 11.7. The van der Waals surface area contributed by atoms with E-state index in [1.807, 2.05) is 20.8 Å². The van der Waals surface area contributed by atoms with Crippen LogP contribution in [0.2, 0.25) is 0 Å². The van der Waals surface area contributed by atoms with Gasteiger partial charge in [-0.15, -0.1) is 0 Å². The lowest BCUT2D eigenvalue weighted by atomic mass is 9.85. The average molecular weight is 276 g/mol. The van der Waals surface area contributed by atoms with Gasteiger partial charge >= 0.3 is 0 Å². The number of benzene rings is 1. The fourth-order valence-corrected chi connectivity index (χ4v) is 2.29. The molecule has 0 unspecified atom stereocenters. The van der Waals surface area contributed by atoms with E-state index in [0.717, 1.165) is 0 Å². The second kappa shape index (κ2) is 4.70. The normalized spacial score (nSPS) is 15.8. The summed E-state index contributed by atoms with van der Waals surface area (Å²) in [5, 5.41) is 11.2. The summed E-state index contributed by atoms with van der Waals surface area (Å²) in [4.78, 5) is 35.0. The number of nitrogens with zero attached hydrogens (tertiary/aromatic N) is 2. The molecule has 20 heavy (non-hydrogen) atoms. The maximum atomic E-state index is 11.7. The minimum absolute atomic E-state index is 0.00908. The van der Waals surface area contributed by atoms with Crippen LogP contribution in [0.4, 0.5) is 11.4 Å². The summed E-state index contributed by atoms with van der Waals surface area (Å²) in [7, 11) is 0. The van der Waals surface area contributed by atoms with E-state index in [9.17, 15) is 19.7 Å². The number of carbonyl (C=O) groups is 2. The summed E-state index contributed by atoms with van der Waals surface area (Å²) >= 11 is 0. The summed E-state index contributed by atoms with van der Waals surface area (Å²) in [5.41, 5.74) is 0.609. The Kier molecular flexibility index (Phi) is 3.33. The molecule has 1 amide bonds. The number of anilines is 1. The molecule has 1 saturated heterocycles. The van der Waals surface area contributed by atoms with Crippen molar-refractivity contribution in [3.8, 4) is 0 Å². The fourth-order valence-electron chi connectivity index (χ4n) is 2.29.